The normalized spacial score (nSPS) is 11.4. The summed E-state index contributed by atoms with van der Waals surface area (Å²) in [6.07, 6.45) is 3.64. The molecular weight excluding hydrogens is 331 g/mol. The molecule has 0 spiro atoms. The van der Waals surface area contributed by atoms with Gasteiger partial charge in [0.25, 0.3) is 0 Å². The molecular formula is C21H19FN2O2. The van der Waals surface area contributed by atoms with E-state index in [9.17, 15) is 14.0 Å². The lowest BCUT2D eigenvalue weighted by Crippen LogP contribution is -2.25. The Kier molecular flexibility index (Phi) is 4.98. The Bertz CT molecular complexity index is 997. The minimum absolute atomic E-state index is 0.113. The summed E-state index contributed by atoms with van der Waals surface area (Å²) in [6, 6.07) is 15.1. The number of rotatable bonds is 5. The van der Waals surface area contributed by atoms with Crippen LogP contribution in [0.2, 0.25) is 0 Å². The third-order valence-corrected chi connectivity index (χ3v) is 4.10. The van der Waals surface area contributed by atoms with Crippen LogP contribution in [0, 0.1) is 5.82 Å². The third-order valence-electron chi connectivity index (χ3n) is 4.10. The topological polar surface area (TPSA) is 44.0 Å². The van der Waals surface area contributed by atoms with Crippen molar-refractivity contribution in [2.45, 2.75) is 19.9 Å². The Hall–Kier alpha value is -3.21. The number of halogens is 1. The van der Waals surface area contributed by atoms with Crippen LogP contribution in [0.1, 0.15) is 25.6 Å². The molecule has 1 heterocycles. The number of aromatic nitrogens is 2. The van der Waals surface area contributed by atoms with Gasteiger partial charge in [-0.1, -0.05) is 18.2 Å². The van der Waals surface area contributed by atoms with Crippen molar-refractivity contribution in [3.63, 3.8) is 0 Å². The Balaban J connectivity index is 2.43. The molecule has 0 N–H and O–H groups in total. The van der Waals surface area contributed by atoms with Gasteiger partial charge in [-0.3, -0.25) is 13.9 Å². The van der Waals surface area contributed by atoms with Crippen LogP contribution in [0.5, 0.6) is 0 Å². The maximum atomic E-state index is 13.4. The molecule has 4 nitrogen and oxygen atoms in total. The first-order valence-electron chi connectivity index (χ1n) is 8.35. The van der Waals surface area contributed by atoms with Gasteiger partial charge in [-0.05, 0) is 62.4 Å². The standard InChI is InChI=1S/C21H19FN2O2/c1-15(2)23-19(9-6-14-25)20(16-10-12-17(22)13-11-16)24(21(23)26)18-7-4-3-5-8-18/h3-15H,1-2H3/b9-6+. The van der Waals surface area contributed by atoms with E-state index in [1.807, 2.05) is 44.2 Å². The molecule has 26 heavy (non-hydrogen) atoms. The predicted octanol–water partition coefficient (Wildman–Crippen LogP) is 4.24. The second-order valence-corrected chi connectivity index (χ2v) is 6.15. The van der Waals surface area contributed by atoms with E-state index in [0.29, 0.717) is 28.9 Å². The maximum Gasteiger partial charge on any atom is 0.333 e. The summed E-state index contributed by atoms with van der Waals surface area (Å²) in [5, 5.41) is 0. The zero-order chi connectivity index (χ0) is 18.7. The minimum atomic E-state index is -0.351. The second-order valence-electron chi connectivity index (χ2n) is 6.15. The van der Waals surface area contributed by atoms with Crippen LogP contribution in [0.3, 0.4) is 0 Å². The molecule has 1 aromatic heterocycles. The van der Waals surface area contributed by atoms with Crippen molar-refractivity contribution in [1.29, 1.82) is 0 Å². The maximum absolute atomic E-state index is 13.4. The molecule has 0 aliphatic heterocycles. The summed E-state index contributed by atoms with van der Waals surface area (Å²) in [4.78, 5) is 24.1. The molecule has 3 aromatic rings. The van der Waals surface area contributed by atoms with Crippen LogP contribution in [-0.4, -0.2) is 15.4 Å². The average molecular weight is 350 g/mol. The molecule has 0 fully saturated rings. The number of aldehydes is 1. The summed E-state index contributed by atoms with van der Waals surface area (Å²) in [7, 11) is 0. The predicted molar refractivity (Wildman–Crippen MR) is 101 cm³/mol. The monoisotopic (exact) mass is 350 g/mol. The number of hydrogen-bond acceptors (Lipinski definition) is 2. The van der Waals surface area contributed by atoms with Gasteiger partial charge in [0.15, 0.2) is 0 Å². The van der Waals surface area contributed by atoms with Crippen molar-refractivity contribution in [3.05, 3.63) is 82.7 Å². The number of benzene rings is 2. The largest absolute Gasteiger partial charge is 0.333 e. The van der Waals surface area contributed by atoms with Crippen LogP contribution in [0.4, 0.5) is 4.39 Å². The van der Waals surface area contributed by atoms with E-state index in [-0.39, 0.29) is 17.5 Å². The molecule has 0 saturated heterocycles. The third kappa shape index (κ3) is 3.16. The van der Waals surface area contributed by atoms with Gasteiger partial charge in [0.05, 0.1) is 17.1 Å². The molecule has 2 aromatic carbocycles. The fraction of sp³-hybridized carbons (Fsp3) is 0.143. The summed E-state index contributed by atoms with van der Waals surface area (Å²) >= 11 is 0. The SMILES string of the molecule is CC(C)n1c(/C=C/C=O)c(-c2ccc(F)cc2)n(-c2ccccc2)c1=O. The molecule has 0 atom stereocenters. The van der Waals surface area contributed by atoms with Gasteiger partial charge in [-0.2, -0.15) is 0 Å². The van der Waals surface area contributed by atoms with Gasteiger partial charge in [-0.15, -0.1) is 0 Å². The number of nitrogens with zero attached hydrogens (tertiary/aromatic N) is 2. The highest BCUT2D eigenvalue weighted by molar-refractivity contribution is 5.79. The fourth-order valence-corrected chi connectivity index (χ4v) is 3.03. The van der Waals surface area contributed by atoms with Gasteiger partial charge in [0.1, 0.15) is 12.1 Å². The Morgan fingerprint density at radius 2 is 1.65 bits per heavy atom. The zero-order valence-electron chi connectivity index (χ0n) is 14.6. The Morgan fingerprint density at radius 3 is 2.23 bits per heavy atom. The first-order valence-corrected chi connectivity index (χ1v) is 8.35. The van der Waals surface area contributed by atoms with E-state index in [4.69, 9.17) is 0 Å². The van der Waals surface area contributed by atoms with E-state index in [1.54, 1.807) is 27.3 Å². The van der Waals surface area contributed by atoms with Gasteiger partial charge in [-0.25, -0.2) is 9.18 Å². The van der Waals surface area contributed by atoms with Crippen LogP contribution >= 0.6 is 0 Å². The summed E-state index contributed by atoms with van der Waals surface area (Å²) in [5.41, 5.74) is 2.41. The highest BCUT2D eigenvalue weighted by atomic mass is 19.1. The fourth-order valence-electron chi connectivity index (χ4n) is 3.03. The summed E-state index contributed by atoms with van der Waals surface area (Å²) in [5.74, 6) is -0.351. The molecule has 0 amide bonds. The summed E-state index contributed by atoms with van der Waals surface area (Å²) in [6.45, 7) is 3.81. The van der Waals surface area contributed by atoms with Crippen LogP contribution in [0.25, 0.3) is 23.0 Å². The zero-order valence-corrected chi connectivity index (χ0v) is 14.6. The lowest BCUT2D eigenvalue weighted by Gasteiger charge is -2.10. The van der Waals surface area contributed by atoms with Gasteiger partial charge >= 0.3 is 5.69 Å². The Labute approximate surface area is 150 Å². The number of imidazole rings is 1. The molecule has 5 heteroatoms. The van der Waals surface area contributed by atoms with Gasteiger partial charge in [0.2, 0.25) is 0 Å². The van der Waals surface area contributed by atoms with Crippen LogP contribution in [-0.2, 0) is 4.79 Å². The number of carbonyl (C=O) groups excluding carboxylic acids is 1. The molecule has 0 aliphatic carbocycles. The van der Waals surface area contributed by atoms with Crippen molar-refractivity contribution >= 4 is 12.4 Å². The smallest absolute Gasteiger partial charge is 0.299 e. The molecule has 0 aliphatic rings. The molecule has 0 saturated carbocycles. The van der Waals surface area contributed by atoms with Gasteiger partial charge < -0.3 is 0 Å². The lowest BCUT2D eigenvalue weighted by atomic mass is 10.1. The average Bonchev–Trinajstić information content (AvgIpc) is 2.93. The molecule has 0 bridgehead atoms. The van der Waals surface area contributed by atoms with Crippen molar-refractivity contribution < 1.29 is 9.18 Å². The van der Waals surface area contributed by atoms with E-state index in [1.165, 1.54) is 18.2 Å². The molecule has 132 valence electrons. The lowest BCUT2D eigenvalue weighted by molar-refractivity contribution is -0.104. The number of para-hydroxylation sites is 1. The Morgan fingerprint density at radius 1 is 1.00 bits per heavy atom. The van der Waals surface area contributed by atoms with Gasteiger partial charge in [0, 0.05) is 11.6 Å². The van der Waals surface area contributed by atoms with E-state index in [2.05, 4.69) is 0 Å². The second kappa shape index (κ2) is 7.35. The van der Waals surface area contributed by atoms with E-state index in [0.717, 1.165) is 0 Å². The molecule has 0 unspecified atom stereocenters. The highest BCUT2D eigenvalue weighted by Gasteiger charge is 2.22. The van der Waals surface area contributed by atoms with Crippen molar-refractivity contribution in [1.82, 2.24) is 9.13 Å². The number of hydrogen-bond donors (Lipinski definition) is 0. The van der Waals surface area contributed by atoms with Crippen LogP contribution < -0.4 is 5.69 Å². The first kappa shape index (κ1) is 17.6. The molecule has 0 radical (unpaired) electrons. The van der Waals surface area contributed by atoms with E-state index >= 15 is 0 Å². The first-order chi connectivity index (χ1) is 12.5. The molecule has 3 rings (SSSR count). The minimum Gasteiger partial charge on any atom is -0.299 e. The number of allylic oxidation sites excluding steroid dienone is 1. The summed E-state index contributed by atoms with van der Waals surface area (Å²) < 4.78 is 16.6. The quantitative estimate of drug-likeness (QED) is 0.510. The number of carbonyl (C=O) groups is 1. The van der Waals surface area contributed by atoms with E-state index < -0.39 is 0 Å². The highest BCUT2D eigenvalue weighted by Crippen LogP contribution is 2.29. The van der Waals surface area contributed by atoms with Crippen molar-refractivity contribution in [2.75, 3.05) is 0 Å². The van der Waals surface area contributed by atoms with Crippen molar-refractivity contribution in [2.24, 2.45) is 0 Å². The van der Waals surface area contributed by atoms with Crippen molar-refractivity contribution in [3.8, 4) is 16.9 Å². The van der Waals surface area contributed by atoms with Crippen LogP contribution in [0.15, 0.2) is 65.5 Å².